The lowest BCUT2D eigenvalue weighted by Gasteiger charge is -2.41. The van der Waals surface area contributed by atoms with E-state index in [1.165, 1.54) is 62.8 Å². The lowest BCUT2D eigenvalue weighted by atomic mass is 10.1. The van der Waals surface area contributed by atoms with Crippen molar-refractivity contribution in [2.45, 2.75) is 57.0 Å². The van der Waals surface area contributed by atoms with Gasteiger partial charge in [0, 0.05) is 0 Å². The highest BCUT2D eigenvalue weighted by molar-refractivity contribution is 8.13. The summed E-state index contributed by atoms with van der Waals surface area (Å²) in [6, 6.07) is 0. The highest BCUT2D eigenvalue weighted by atomic mass is 32.3. The molecule has 0 atom stereocenters. The summed E-state index contributed by atoms with van der Waals surface area (Å²) in [6.07, 6.45) is 7.15. The summed E-state index contributed by atoms with van der Waals surface area (Å²) in [5.74, 6) is 0. The Hall–Kier alpha value is -0.600. The minimum atomic E-state index is -6.72. The molecule has 0 saturated carbocycles. The van der Waals surface area contributed by atoms with E-state index in [2.05, 4.69) is 13.8 Å². The smallest absolute Gasteiger partial charge is 0.421 e. The maximum Gasteiger partial charge on any atom is 0.480 e. The van der Waals surface area contributed by atoms with Gasteiger partial charge < -0.3 is 8.61 Å². The van der Waals surface area contributed by atoms with Crippen molar-refractivity contribution in [3.63, 3.8) is 0 Å². The maximum absolute atomic E-state index is 11.4. The Kier molecular flexibility index (Phi) is 9.52. The third-order valence-corrected chi connectivity index (χ3v) is 6.68. The largest absolute Gasteiger partial charge is 0.480 e. The van der Waals surface area contributed by atoms with E-state index >= 15 is 0 Å². The molecule has 0 unspecified atom stereocenters. The van der Waals surface area contributed by atoms with Gasteiger partial charge in [-0.1, -0.05) is 13.8 Å². The van der Waals surface area contributed by atoms with Crippen molar-refractivity contribution in [3.8, 4) is 0 Å². The van der Waals surface area contributed by atoms with Crippen LogP contribution in [0.15, 0.2) is 0 Å². The molecule has 0 aromatic rings. The molecule has 1 fully saturated rings. The lowest BCUT2D eigenvalue weighted by molar-refractivity contribution is -0.932. The molecule has 0 aromatic heterocycles. The Morgan fingerprint density at radius 2 is 1.07 bits per heavy atom. The molecule has 0 bridgehead atoms. The summed E-state index contributed by atoms with van der Waals surface area (Å²) in [5, 5.41) is 0. The van der Waals surface area contributed by atoms with Gasteiger partial charge in [-0.2, -0.15) is 26.3 Å². The predicted octanol–water partition coefficient (Wildman–Crippen LogP) is 3.87. The van der Waals surface area contributed by atoms with Gasteiger partial charge in [0.25, 0.3) is 0 Å². The summed E-state index contributed by atoms with van der Waals surface area (Å²) in [5.41, 5.74) is -12.4. The number of hydrogen-bond acceptors (Lipinski definition) is 4. The van der Waals surface area contributed by atoms with E-state index in [4.69, 9.17) is 0 Å². The van der Waals surface area contributed by atoms with Crippen molar-refractivity contribution >= 4 is 20.0 Å². The summed E-state index contributed by atoms with van der Waals surface area (Å²) in [4.78, 5) is 0. The van der Waals surface area contributed by atoms with Crippen LogP contribution in [0.4, 0.5) is 26.3 Å². The number of rotatable bonds is 6. The van der Waals surface area contributed by atoms with E-state index in [1.807, 2.05) is 0 Å². The normalized spacial score (nSPS) is 18.5. The molecule has 1 aliphatic rings. The molecule has 27 heavy (non-hydrogen) atoms. The first-order valence-corrected chi connectivity index (χ1v) is 11.1. The van der Waals surface area contributed by atoms with Crippen molar-refractivity contribution in [2.24, 2.45) is 0 Å². The van der Waals surface area contributed by atoms with Crippen molar-refractivity contribution in [1.82, 2.24) is 0 Å². The second-order valence-electron chi connectivity index (χ2n) is 6.21. The predicted molar refractivity (Wildman–Crippen MR) is 87.5 cm³/mol. The van der Waals surface area contributed by atoms with Gasteiger partial charge in [-0.25, -0.2) is 16.8 Å². The first-order chi connectivity index (χ1) is 12.0. The Labute approximate surface area is 155 Å². The number of sulfonamides is 2. The second-order valence-corrected chi connectivity index (χ2v) is 9.64. The van der Waals surface area contributed by atoms with Crippen LogP contribution in [0.5, 0.6) is 0 Å². The van der Waals surface area contributed by atoms with Gasteiger partial charge >= 0.3 is 11.0 Å². The Morgan fingerprint density at radius 1 is 0.741 bits per heavy atom. The van der Waals surface area contributed by atoms with Crippen molar-refractivity contribution in [2.75, 3.05) is 26.2 Å². The van der Waals surface area contributed by atoms with E-state index in [1.54, 1.807) is 0 Å². The molecule has 0 aliphatic carbocycles. The quantitative estimate of drug-likeness (QED) is 0.454. The number of piperidine rings is 1. The zero-order valence-electron chi connectivity index (χ0n) is 15.0. The minimum absolute atomic E-state index is 0.778. The van der Waals surface area contributed by atoms with Gasteiger partial charge in [0.1, 0.15) is 0 Å². The first-order valence-electron chi connectivity index (χ1n) is 8.25. The second kappa shape index (κ2) is 9.74. The number of hydrogen-bond donors (Lipinski definition) is 0. The van der Waals surface area contributed by atoms with Crippen molar-refractivity contribution < 1.29 is 47.7 Å². The minimum Gasteiger partial charge on any atom is -0.421 e. The first kappa shape index (κ1) is 26.4. The van der Waals surface area contributed by atoms with Gasteiger partial charge in [-0.05, 0) is 32.1 Å². The third kappa shape index (κ3) is 8.11. The van der Waals surface area contributed by atoms with Gasteiger partial charge in [-0.15, -0.1) is 0 Å². The average Bonchev–Trinajstić information content (AvgIpc) is 2.46. The van der Waals surface area contributed by atoms with E-state index in [0.717, 1.165) is 4.13 Å². The van der Waals surface area contributed by atoms with E-state index < -0.39 is 31.1 Å². The molecule has 164 valence electrons. The fourth-order valence-corrected chi connectivity index (χ4v) is 4.61. The van der Waals surface area contributed by atoms with Crippen LogP contribution in [-0.2, 0) is 20.0 Å². The number of nitrogens with zero attached hydrogens (tertiary/aromatic N) is 2. The van der Waals surface area contributed by atoms with Gasteiger partial charge in [-0.3, -0.25) is 0 Å². The fraction of sp³-hybridized carbons (Fsp3) is 1.00. The van der Waals surface area contributed by atoms with Crippen LogP contribution in [-0.4, -0.2) is 58.5 Å². The molecule has 0 aromatic carbocycles. The topological polar surface area (TPSA) is 82.4 Å². The zero-order chi connectivity index (χ0) is 21.6. The Morgan fingerprint density at radius 3 is 1.33 bits per heavy atom. The van der Waals surface area contributed by atoms with E-state index in [9.17, 15) is 43.2 Å². The van der Waals surface area contributed by atoms with Crippen LogP contribution in [0, 0.1) is 0 Å². The summed E-state index contributed by atoms with van der Waals surface area (Å²) < 4.78 is 111. The zero-order valence-corrected chi connectivity index (χ0v) is 16.6. The molecule has 1 rings (SSSR count). The highest BCUT2D eigenvalue weighted by Crippen LogP contribution is 2.36. The fourth-order valence-electron chi connectivity index (χ4n) is 2.90. The highest BCUT2D eigenvalue weighted by Gasteiger charge is 2.46. The number of quaternary nitrogens is 1. The molecule has 14 heteroatoms. The standard InChI is InChI=1S/C11H24N.C2F6NO4S2/c1-3-8-12(9-4-2)10-6-5-7-11-12;3-1(4,5)14(10,11)9-15(12,13)2(6,7)8/h3-11H2,1-2H3;/q+1;-1. The Bertz CT molecular complexity index is 596. The average molecular weight is 450 g/mol. The Balaban J connectivity index is 0.000000511. The molecule has 6 nitrogen and oxygen atoms in total. The van der Waals surface area contributed by atoms with Gasteiger partial charge in [0.05, 0.1) is 26.2 Å². The number of likely N-dealkylation sites (tertiary alicyclic amines) is 1. The van der Waals surface area contributed by atoms with Crippen LogP contribution in [0.1, 0.15) is 46.0 Å². The molecule has 0 N–H and O–H groups in total. The summed E-state index contributed by atoms with van der Waals surface area (Å²) in [6.45, 7) is 10.4. The third-order valence-electron chi connectivity index (χ3n) is 3.94. The van der Waals surface area contributed by atoms with E-state index in [0.29, 0.717) is 0 Å². The summed E-state index contributed by atoms with van der Waals surface area (Å²) in [7, 11) is -13.4. The lowest BCUT2D eigenvalue weighted by Crippen LogP contribution is -2.52. The SMILES string of the molecule is CCC[N+]1(CCC)CCCCC1.O=S(=O)([N-]S(=O)(=O)C(F)(F)F)C(F)(F)F. The van der Waals surface area contributed by atoms with Crippen LogP contribution >= 0.6 is 0 Å². The van der Waals surface area contributed by atoms with Crippen LogP contribution in [0.3, 0.4) is 0 Å². The maximum atomic E-state index is 11.4. The molecule has 0 radical (unpaired) electrons. The number of halogens is 6. The molecule has 0 spiro atoms. The van der Waals surface area contributed by atoms with Gasteiger partial charge in [0.15, 0.2) is 20.0 Å². The van der Waals surface area contributed by atoms with Crippen LogP contribution in [0.2, 0.25) is 0 Å². The van der Waals surface area contributed by atoms with Crippen LogP contribution in [0.25, 0.3) is 4.13 Å². The summed E-state index contributed by atoms with van der Waals surface area (Å²) >= 11 is 0. The molecule has 1 heterocycles. The van der Waals surface area contributed by atoms with Crippen molar-refractivity contribution in [1.29, 1.82) is 0 Å². The van der Waals surface area contributed by atoms with Gasteiger partial charge in [0.2, 0.25) is 0 Å². The monoisotopic (exact) mass is 450 g/mol. The van der Waals surface area contributed by atoms with E-state index in [-0.39, 0.29) is 0 Å². The molecular formula is C13H24F6N2O4S2. The molecule has 0 amide bonds. The molecular weight excluding hydrogens is 426 g/mol. The number of alkyl halides is 6. The van der Waals surface area contributed by atoms with Crippen LogP contribution < -0.4 is 0 Å². The molecule has 1 aliphatic heterocycles. The molecule has 1 saturated heterocycles. The van der Waals surface area contributed by atoms with Crippen molar-refractivity contribution in [3.05, 3.63) is 4.13 Å².